The van der Waals surface area contributed by atoms with Crippen LogP contribution in [0.4, 0.5) is 0 Å². The molecule has 30 heavy (non-hydrogen) atoms. The Kier molecular flexibility index (Phi) is 9.34. The van der Waals surface area contributed by atoms with Crippen molar-refractivity contribution in [1.29, 1.82) is 0 Å². The number of amides is 3. The predicted octanol–water partition coefficient (Wildman–Crippen LogP) is 3.39. The molecule has 1 aliphatic heterocycles. The summed E-state index contributed by atoms with van der Waals surface area (Å²) in [4.78, 5) is 42.0. The van der Waals surface area contributed by atoms with Crippen LogP contribution in [0.3, 0.4) is 0 Å². The zero-order valence-corrected chi connectivity index (χ0v) is 18.9. The van der Waals surface area contributed by atoms with Crippen LogP contribution in [0.25, 0.3) is 0 Å². The van der Waals surface area contributed by atoms with Crippen molar-refractivity contribution in [3.05, 3.63) is 35.9 Å². The van der Waals surface area contributed by atoms with Gasteiger partial charge in [-0.25, -0.2) is 0 Å². The standard InChI is InChI=1S/C24H37N3O3/c1-5-6-14-26(4)23(29)20-12-15-27(16-13-20)24(30)22(19-10-8-7-9-11-19)25-21(28)17-18(2)3/h7-11,18,20,22H,5-6,12-17H2,1-4H3,(H,25,28). The van der Waals surface area contributed by atoms with E-state index >= 15 is 0 Å². The fraction of sp³-hybridized carbons (Fsp3) is 0.625. The van der Waals surface area contributed by atoms with Gasteiger partial charge in [0.2, 0.25) is 17.7 Å². The van der Waals surface area contributed by atoms with Crippen LogP contribution in [0, 0.1) is 11.8 Å². The Bertz CT molecular complexity index is 697. The molecule has 6 heteroatoms. The summed E-state index contributed by atoms with van der Waals surface area (Å²) in [6, 6.07) is 8.71. The number of rotatable bonds is 9. The highest BCUT2D eigenvalue weighted by Gasteiger charge is 2.33. The van der Waals surface area contributed by atoms with Crippen LogP contribution >= 0.6 is 0 Å². The normalized spacial score (nSPS) is 15.7. The van der Waals surface area contributed by atoms with Gasteiger partial charge in [-0.05, 0) is 30.7 Å². The maximum atomic E-state index is 13.3. The third-order valence-corrected chi connectivity index (χ3v) is 5.66. The lowest BCUT2D eigenvalue weighted by molar-refractivity contribution is -0.142. The second-order valence-corrected chi connectivity index (χ2v) is 8.72. The van der Waals surface area contributed by atoms with Gasteiger partial charge in [-0.1, -0.05) is 57.5 Å². The molecule has 1 aromatic rings. The Hall–Kier alpha value is -2.37. The molecular formula is C24H37N3O3. The molecule has 0 saturated carbocycles. The average Bonchev–Trinajstić information content (AvgIpc) is 2.75. The Balaban J connectivity index is 2.01. The van der Waals surface area contributed by atoms with Crippen LogP contribution in [-0.4, -0.2) is 54.2 Å². The first-order valence-corrected chi connectivity index (χ1v) is 11.2. The summed E-state index contributed by atoms with van der Waals surface area (Å²) in [5, 5.41) is 2.93. The number of hydrogen-bond acceptors (Lipinski definition) is 3. The molecule has 0 spiro atoms. The monoisotopic (exact) mass is 415 g/mol. The van der Waals surface area contributed by atoms with E-state index < -0.39 is 6.04 Å². The maximum absolute atomic E-state index is 13.3. The zero-order valence-electron chi connectivity index (χ0n) is 18.9. The minimum absolute atomic E-state index is 0.0263. The van der Waals surface area contributed by atoms with Gasteiger partial charge in [0.1, 0.15) is 6.04 Å². The summed E-state index contributed by atoms with van der Waals surface area (Å²) in [5.74, 6) is 0.170. The van der Waals surface area contributed by atoms with E-state index in [1.807, 2.05) is 56.1 Å². The van der Waals surface area contributed by atoms with Crippen molar-refractivity contribution < 1.29 is 14.4 Å². The summed E-state index contributed by atoms with van der Waals surface area (Å²) in [5.41, 5.74) is 0.789. The molecule has 166 valence electrons. The summed E-state index contributed by atoms with van der Waals surface area (Å²) in [6.07, 6.45) is 3.80. The molecule has 0 bridgehead atoms. The topological polar surface area (TPSA) is 69.7 Å². The number of hydrogen-bond donors (Lipinski definition) is 1. The smallest absolute Gasteiger partial charge is 0.249 e. The van der Waals surface area contributed by atoms with E-state index in [9.17, 15) is 14.4 Å². The van der Waals surface area contributed by atoms with Crippen LogP contribution in [0.2, 0.25) is 0 Å². The van der Waals surface area contributed by atoms with Gasteiger partial charge in [-0.15, -0.1) is 0 Å². The van der Waals surface area contributed by atoms with Crippen molar-refractivity contribution in [3.63, 3.8) is 0 Å². The molecule has 0 radical (unpaired) electrons. The molecule has 1 saturated heterocycles. The van der Waals surface area contributed by atoms with Crippen LogP contribution in [0.1, 0.15) is 64.5 Å². The SMILES string of the molecule is CCCCN(C)C(=O)C1CCN(C(=O)C(NC(=O)CC(C)C)c2ccccc2)CC1. The van der Waals surface area contributed by atoms with E-state index in [-0.39, 0.29) is 29.6 Å². The third-order valence-electron chi connectivity index (χ3n) is 5.66. The molecule has 6 nitrogen and oxygen atoms in total. The Morgan fingerprint density at radius 2 is 1.77 bits per heavy atom. The third kappa shape index (κ3) is 6.85. The van der Waals surface area contributed by atoms with Gasteiger partial charge in [0.25, 0.3) is 0 Å². The molecule has 3 amide bonds. The second-order valence-electron chi connectivity index (χ2n) is 8.72. The van der Waals surface area contributed by atoms with Gasteiger partial charge >= 0.3 is 0 Å². The number of benzene rings is 1. The molecule has 1 aliphatic rings. The summed E-state index contributed by atoms with van der Waals surface area (Å²) < 4.78 is 0. The van der Waals surface area contributed by atoms with Gasteiger partial charge in [0, 0.05) is 39.0 Å². The Labute approximate surface area is 181 Å². The number of unbranched alkanes of at least 4 members (excludes halogenated alkanes) is 1. The lowest BCUT2D eigenvalue weighted by Gasteiger charge is -2.35. The maximum Gasteiger partial charge on any atom is 0.249 e. The Morgan fingerprint density at radius 3 is 2.33 bits per heavy atom. The number of piperidine rings is 1. The van der Waals surface area contributed by atoms with Gasteiger partial charge < -0.3 is 15.1 Å². The molecule has 0 aliphatic carbocycles. The largest absolute Gasteiger partial charge is 0.346 e. The van der Waals surface area contributed by atoms with Gasteiger partial charge in [0.05, 0.1) is 0 Å². The van der Waals surface area contributed by atoms with Crippen LogP contribution in [0.5, 0.6) is 0 Å². The zero-order chi connectivity index (χ0) is 22.1. The molecule has 0 aromatic heterocycles. The van der Waals surface area contributed by atoms with E-state index in [0.717, 1.165) is 24.9 Å². The first-order chi connectivity index (χ1) is 14.3. The highest BCUT2D eigenvalue weighted by molar-refractivity contribution is 5.89. The highest BCUT2D eigenvalue weighted by atomic mass is 16.2. The summed E-state index contributed by atoms with van der Waals surface area (Å²) in [6.45, 7) is 7.95. The van der Waals surface area contributed by atoms with E-state index in [1.54, 1.807) is 4.90 Å². The fourth-order valence-electron chi connectivity index (χ4n) is 3.87. The molecular weight excluding hydrogens is 378 g/mol. The number of nitrogens with one attached hydrogen (secondary N) is 1. The van der Waals surface area contributed by atoms with Crippen molar-refractivity contribution in [2.24, 2.45) is 11.8 Å². The molecule has 1 fully saturated rings. The second kappa shape index (κ2) is 11.7. The van der Waals surface area contributed by atoms with Crippen molar-refractivity contribution >= 4 is 17.7 Å². The Morgan fingerprint density at radius 1 is 1.13 bits per heavy atom. The van der Waals surface area contributed by atoms with Crippen molar-refractivity contribution in [1.82, 2.24) is 15.1 Å². The van der Waals surface area contributed by atoms with Gasteiger partial charge in [-0.2, -0.15) is 0 Å². The molecule has 1 heterocycles. The van der Waals surface area contributed by atoms with Crippen LogP contribution in [-0.2, 0) is 14.4 Å². The van der Waals surface area contributed by atoms with Gasteiger partial charge in [-0.3, -0.25) is 14.4 Å². The number of carbonyl (C=O) groups is 3. The fourth-order valence-corrected chi connectivity index (χ4v) is 3.87. The molecule has 1 unspecified atom stereocenters. The van der Waals surface area contributed by atoms with Crippen LogP contribution < -0.4 is 5.32 Å². The minimum atomic E-state index is -0.683. The summed E-state index contributed by atoms with van der Waals surface area (Å²) in [7, 11) is 1.87. The quantitative estimate of drug-likeness (QED) is 0.672. The highest BCUT2D eigenvalue weighted by Crippen LogP contribution is 2.24. The lowest BCUT2D eigenvalue weighted by atomic mass is 9.94. The first kappa shape index (κ1) is 23.9. The number of nitrogens with zero attached hydrogens (tertiary/aromatic N) is 2. The molecule has 1 N–H and O–H groups in total. The van der Waals surface area contributed by atoms with Gasteiger partial charge in [0.15, 0.2) is 0 Å². The molecule has 1 aromatic carbocycles. The first-order valence-electron chi connectivity index (χ1n) is 11.2. The van der Waals surface area contributed by atoms with Crippen LogP contribution in [0.15, 0.2) is 30.3 Å². The average molecular weight is 416 g/mol. The molecule has 2 rings (SSSR count). The number of likely N-dealkylation sites (tertiary alicyclic amines) is 1. The summed E-state index contributed by atoms with van der Waals surface area (Å²) >= 11 is 0. The van der Waals surface area contributed by atoms with E-state index in [1.165, 1.54) is 0 Å². The minimum Gasteiger partial charge on any atom is -0.346 e. The number of carbonyl (C=O) groups excluding carboxylic acids is 3. The van der Waals surface area contributed by atoms with Crippen molar-refractivity contribution in [3.8, 4) is 0 Å². The lowest BCUT2D eigenvalue weighted by Crippen LogP contribution is -2.48. The van der Waals surface area contributed by atoms with E-state index in [0.29, 0.717) is 32.4 Å². The van der Waals surface area contributed by atoms with Crippen molar-refractivity contribution in [2.45, 2.75) is 58.9 Å². The van der Waals surface area contributed by atoms with E-state index in [2.05, 4.69) is 12.2 Å². The van der Waals surface area contributed by atoms with E-state index in [4.69, 9.17) is 0 Å². The molecule has 1 atom stereocenters. The van der Waals surface area contributed by atoms with Crippen molar-refractivity contribution in [2.75, 3.05) is 26.7 Å². The predicted molar refractivity (Wildman–Crippen MR) is 119 cm³/mol.